The van der Waals surface area contributed by atoms with Crippen molar-refractivity contribution in [2.24, 2.45) is 0 Å². The first-order chi connectivity index (χ1) is 5.79. The second kappa shape index (κ2) is 3.96. The van der Waals surface area contributed by atoms with Gasteiger partial charge in [-0.25, -0.2) is 0 Å². The molecule has 0 aliphatic heterocycles. The zero-order valence-electron chi connectivity index (χ0n) is 7.29. The third-order valence-electron chi connectivity index (χ3n) is 1.83. The van der Waals surface area contributed by atoms with Gasteiger partial charge in [-0.2, -0.15) is 0 Å². The number of hydrogen-bond acceptors (Lipinski definition) is 1. The van der Waals surface area contributed by atoms with Crippen LogP contribution in [-0.4, -0.2) is 10.9 Å². The number of para-hydroxylation sites is 1. The second-order valence-electron chi connectivity index (χ2n) is 2.58. The molecule has 0 saturated carbocycles. The van der Waals surface area contributed by atoms with E-state index in [2.05, 4.69) is 4.98 Å². The maximum absolute atomic E-state index is 10.8. The fourth-order valence-corrected chi connectivity index (χ4v) is 1.27. The average molecular weight is 182 g/mol. The second-order valence-corrected chi connectivity index (χ2v) is 2.58. The van der Waals surface area contributed by atoms with E-state index in [4.69, 9.17) is 5.73 Å². The van der Waals surface area contributed by atoms with Crippen molar-refractivity contribution in [2.45, 2.75) is 0 Å². The summed E-state index contributed by atoms with van der Waals surface area (Å²) in [5.74, 6) is -0.650. The van der Waals surface area contributed by atoms with Crippen LogP contribution in [0.5, 0.6) is 0 Å². The molecule has 0 aliphatic rings. The number of aromatic nitrogens is 1. The van der Waals surface area contributed by atoms with Crippen molar-refractivity contribution in [1.82, 2.24) is 4.98 Å². The maximum atomic E-state index is 10.8. The zero-order valence-corrected chi connectivity index (χ0v) is 9.29. The molecule has 0 unspecified atom stereocenters. The normalized spacial score (nSPS) is 9.54. The number of amides is 1. The topological polar surface area (TPSA) is 56.7 Å². The summed E-state index contributed by atoms with van der Waals surface area (Å²) in [7, 11) is 0. The molecule has 0 aliphatic carbocycles. The van der Waals surface area contributed by atoms with Crippen LogP contribution in [0.2, 0.25) is 0 Å². The van der Waals surface area contributed by atoms with E-state index < -0.39 is 5.91 Å². The third kappa shape index (κ3) is 1.77. The van der Waals surface area contributed by atoms with E-state index >= 15 is 0 Å². The zero-order chi connectivity index (χ0) is 8.55. The number of fused-ring (bicyclic) bond motifs is 1. The van der Waals surface area contributed by atoms with Gasteiger partial charge < -0.3 is 15.5 Å². The molecule has 2 rings (SSSR count). The van der Waals surface area contributed by atoms with E-state index in [9.17, 15) is 4.79 Å². The molecule has 3 nitrogen and oxygen atoms in total. The fourth-order valence-electron chi connectivity index (χ4n) is 1.27. The minimum absolute atomic E-state index is 0. The Hall–Kier alpha value is -0.770. The Kier molecular flexibility index (Phi) is 3.14. The van der Waals surface area contributed by atoms with Gasteiger partial charge in [0, 0.05) is 17.1 Å². The Bertz CT molecular complexity index is 436. The van der Waals surface area contributed by atoms with Crippen LogP contribution < -0.4 is 29.6 Å². The van der Waals surface area contributed by atoms with Crippen LogP contribution in [-0.2, 0) is 0 Å². The van der Waals surface area contributed by atoms with Crippen LogP contribution in [0.1, 0.15) is 10.4 Å². The molecule has 1 aromatic heterocycles. The molecule has 4 heteroatoms. The molecule has 0 fully saturated rings. The molecule has 1 heterocycles. The maximum Gasteiger partial charge on any atom is 1.00 e. The largest absolute Gasteiger partial charge is 1.00 e. The minimum Gasteiger partial charge on any atom is -0.663 e. The van der Waals surface area contributed by atoms with Crippen molar-refractivity contribution < 1.29 is 34.4 Å². The van der Waals surface area contributed by atoms with Crippen LogP contribution in [0, 0.1) is 0 Å². The first kappa shape index (κ1) is 10.3. The molecule has 60 valence electrons. The van der Waals surface area contributed by atoms with Crippen LogP contribution in [0.4, 0.5) is 0 Å². The first-order valence-corrected chi connectivity index (χ1v) is 3.61. The Morgan fingerprint density at radius 3 is 2.77 bits per heavy atom. The van der Waals surface area contributed by atoms with Crippen molar-refractivity contribution in [3.05, 3.63) is 41.8 Å². The molecule has 2 N–H and O–H groups in total. The smallest absolute Gasteiger partial charge is 0.663 e. The van der Waals surface area contributed by atoms with E-state index in [0.29, 0.717) is 5.56 Å². The number of nitrogens with one attached hydrogen (secondary N) is 2. The Balaban J connectivity index is 0.000000845. The Morgan fingerprint density at radius 2 is 2.08 bits per heavy atom. The number of H-pyrrole nitrogens is 1. The number of benzene rings is 1. The van der Waals surface area contributed by atoms with Gasteiger partial charge in [0.15, 0.2) is 0 Å². The molecule has 0 radical (unpaired) electrons. The van der Waals surface area contributed by atoms with Gasteiger partial charge in [-0.05, 0) is 6.07 Å². The number of aromatic amines is 1. The van der Waals surface area contributed by atoms with E-state index in [1.165, 1.54) is 0 Å². The van der Waals surface area contributed by atoms with Crippen LogP contribution in [0.3, 0.4) is 0 Å². The Morgan fingerprint density at radius 1 is 1.31 bits per heavy atom. The first-order valence-electron chi connectivity index (χ1n) is 3.61. The van der Waals surface area contributed by atoms with Gasteiger partial charge in [0.1, 0.15) is 0 Å². The number of carbonyl (C=O) groups is 1. The van der Waals surface area contributed by atoms with Crippen molar-refractivity contribution in [3.63, 3.8) is 0 Å². The number of rotatable bonds is 1. The summed E-state index contributed by atoms with van der Waals surface area (Å²) in [5, 5.41) is 0.966. The molecule has 2 aromatic rings. The fraction of sp³-hybridized carbons (Fsp3) is 0. The van der Waals surface area contributed by atoms with Crippen molar-refractivity contribution >= 4 is 16.8 Å². The summed E-state index contributed by atoms with van der Waals surface area (Å²) >= 11 is 0. The molecule has 0 saturated heterocycles. The number of hydrogen-bond donors (Lipinski definition) is 1. The van der Waals surface area contributed by atoms with Crippen LogP contribution in [0.25, 0.3) is 16.6 Å². The van der Waals surface area contributed by atoms with Gasteiger partial charge in [0.05, 0.1) is 11.4 Å². The predicted octanol–water partition coefficient (Wildman–Crippen LogP) is -0.636. The molecule has 13 heavy (non-hydrogen) atoms. The van der Waals surface area contributed by atoms with E-state index in [-0.39, 0.29) is 29.6 Å². The molecule has 0 bridgehead atoms. The summed E-state index contributed by atoms with van der Waals surface area (Å²) in [5.41, 5.74) is 8.16. The van der Waals surface area contributed by atoms with Gasteiger partial charge in [-0.15, -0.1) is 0 Å². The molecule has 1 aromatic carbocycles. The Labute approximate surface area is 97.6 Å². The standard InChI is InChI=1S/C9H8N2O.Na/c10-9(12)7-3-1-2-6-4-5-11-8(6)7;/h1-5H,(H3,10,11,12);/q;+1/p-1. The summed E-state index contributed by atoms with van der Waals surface area (Å²) in [6.07, 6.45) is 1.76. The van der Waals surface area contributed by atoms with E-state index in [0.717, 1.165) is 10.9 Å². The SMILES string of the molecule is [NH-]C(=O)c1cccc2cc[nH]c12.[Na+]. The third-order valence-corrected chi connectivity index (χ3v) is 1.83. The molecule has 1 amide bonds. The van der Waals surface area contributed by atoms with Crippen LogP contribution in [0.15, 0.2) is 30.5 Å². The summed E-state index contributed by atoms with van der Waals surface area (Å²) in [6.45, 7) is 0. The van der Waals surface area contributed by atoms with E-state index in [1.807, 2.05) is 12.1 Å². The van der Waals surface area contributed by atoms with Crippen molar-refractivity contribution in [2.75, 3.05) is 0 Å². The van der Waals surface area contributed by atoms with Crippen molar-refractivity contribution in [3.8, 4) is 0 Å². The monoisotopic (exact) mass is 182 g/mol. The van der Waals surface area contributed by atoms with Gasteiger partial charge in [-0.1, -0.05) is 18.2 Å². The van der Waals surface area contributed by atoms with Gasteiger partial charge in [0.25, 0.3) is 0 Å². The van der Waals surface area contributed by atoms with Crippen molar-refractivity contribution in [1.29, 1.82) is 0 Å². The predicted molar refractivity (Wildman–Crippen MR) is 47.0 cm³/mol. The quantitative estimate of drug-likeness (QED) is 0.586. The van der Waals surface area contributed by atoms with Gasteiger partial charge in [-0.3, -0.25) is 0 Å². The molecule has 0 atom stereocenters. The summed E-state index contributed by atoms with van der Waals surface area (Å²) in [4.78, 5) is 13.7. The molecular weight excluding hydrogens is 175 g/mol. The molecular formula is C9H7N2NaO. The summed E-state index contributed by atoms with van der Waals surface area (Å²) in [6, 6.07) is 7.20. The number of carbonyl (C=O) groups excluding carboxylic acids is 1. The minimum atomic E-state index is -0.650. The molecule has 0 spiro atoms. The summed E-state index contributed by atoms with van der Waals surface area (Å²) < 4.78 is 0. The van der Waals surface area contributed by atoms with Gasteiger partial charge in [0.2, 0.25) is 0 Å². The average Bonchev–Trinajstić information content (AvgIpc) is 2.49. The van der Waals surface area contributed by atoms with E-state index in [1.54, 1.807) is 18.3 Å². The van der Waals surface area contributed by atoms with Gasteiger partial charge >= 0.3 is 29.6 Å². The van der Waals surface area contributed by atoms with Crippen LogP contribution >= 0.6 is 0 Å².